The van der Waals surface area contributed by atoms with Crippen LogP contribution in [0.1, 0.15) is 12.5 Å². The molecule has 14 heteroatoms. The number of carbonyl (C=O) groups is 1. The Labute approximate surface area is 232 Å². The predicted octanol–water partition coefficient (Wildman–Crippen LogP) is 2.22. The van der Waals surface area contributed by atoms with E-state index in [2.05, 4.69) is 9.89 Å². The second kappa shape index (κ2) is 10.4. The molecule has 0 radical (unpaired) electrons. The number of aliphatic carboxylic acids is 1. The molecule has 2 fully saturated rings. The molecule has 2 saturated heterocycles. The number of methoxy groups -OCH3 is 1. The van der Waals surface area contributed by atoms with Gasteiger partial charge in [0.05, 0.1) is 28.1 Å². The molecule has 5 rings (SSSR count). The highest BCUT2D eigenvalue weighted by Crippen LogP contribution is 2.45. The normalized spacial score (nSPS) is 38.6. The zero-order chi connectivity index (χ0) is 26.6. The zero-order valence-corrected chi connectivity index (χ0v) is 23.9. The molecule has 37 heavy (non-hydrogen) atoms. The van der Waals surface area contributed by atoms with Crippen LogP contribution < -0.4 is 0 Å². The number of aliphatic imine (C=N–C) groups is 2. The summed E-state index contributed by atoms with van der Waals surface area (Å²) in [5.41, 5.74) is -1.65. The third kappa shape index (κ3) is 4.75. The van der Waals surface area contributed by atoms with Crippen LogP contribution in [-0.4, -0.2) is 121 Å². The number of likely N-dealkylation sites (N-methyl/N-ethyl adjacent to an activating group) is 2. The largest absolute Gasteiger partial charge is 0.507 e. The van der Waals surface area contributed by atoms with Gasteiger partial charge in [-0.25, -0.2) is 4.99 Å². The van der Waals surface area contributed by atoms with Gasteiger partial charge in [0.2, 0.25) is 11.6 Å². The molecule has 0 aliphatic carbocycles. The second-order valence-corrected chi connectivity index (χ2v) is 13.2. The van der Waals surface area contributed by atoms with Crippen molar-refractivity contribution in [2.45, 2.75) is 53.1 Å². The Morgan fingerprint density at radius 1 is 1.30 bits per heavy atom. The van der Waals surface area contributed by atoms with E-state index in [0.29, 0.717) is 16.3 Å². The molecule has 3 N–H and O–H groups in total. The first-order valence-electron chi connectivity index (χ1n) is 11.7. The van der Waals surface area contributed by atoms with Crippen LogP contribution in [0.15, 0.2) is 28.2 Å². The minimum absolute atomic E-state index is 0.0229. The molecular formula is C23H29ClN4O6S3. The van der Waals surface area contributed by atoms with Gasteiger partial charge in [0, 0.05) is 23.6 Å². The zero-order valence-electron chi connectivity index (χ0n) is 20.6. The molecule has 1 aromatic carbocycles. The van der Waals surface area contributed by atoms with Gasteiger partial charge in [0.15, 0.2) is 0 Å². The number of phenolic OH excluding ortho intramolecular Hbond substituents is 1. The summed E-state index contributed by atoms with van der Waals surface area (Å²) in [6.45, 7) is 1.76. The summed E-state index contributed by atoms with van der Waals surface area (Å²) >= 11 is 10.9. The van der Waals surface area contributed by atoms with Gasteiger partial charge in [-0.15, -0.1) is 35.3 Å². The third-order valence-corrected chi connectivity index (χ3v) is 11.7. The average Bonchev–Trinajstić information content (AvgIpc) is 3.61. The summed E-state index contributed by atoms with van der Waals surface area (Å²) in [5.74, 6) is 0.695. The van der Waals surface area contributed by atoms with Crippen molar-refractivity contribution >= 4 is 63.8 Å². The Morgan fingerprint density at radius 3 is 2.73 bits per heavy atom. The number of hydrogen-bond donors (Lipinski definition) is 3. The fourth-order valence-electron chi connectivity index (χ4n) is 5.07. The van der Waals surface area contributed by atoms with Crippen LogP contribution in [-0.2, 0) is 14.3 Å². The number of phenols is 1. The number of nitrogens with zero attached hydrogens (tertiary/aromatic N) is 4. The number of rotatable bonds is 6. The lowest BCUT2D eigenvalue weighted by atomic mass is 10.1. The van der Waals surface area contributed by atoms with E-state index >= 15 is 0 Å². The van der Waals surface area contributed by atoms with E-state index in [0.717, 1.165) is 10.8 Å². The molecule has 8 unspecified atom stereocenters. The summed E-state index contributed by atoms with van der Waals surface area (Å²) in [6, 6.07) is 3.79. The number of carboxylic acids is 1. The molecular weight excluding hydrogens is 560 g/mol. The molecule has 1 aromatic rings. The number of halogens is 1. The van der Waals surface area contributed by atoms with Gasteiger partial charge >= 0.3 is 5.97 Å². The Hall–Kier alpha value is -1.19. The summed E-state index contributed by atoms with van der Waals surface area (Å²) in [6.07, 6.45) is -0.645. The highest BCUT2D eigenvalue weighted by atomic mass is 35.5. The van der Waals surface area contributed by atoms with E-state index in [-0.39, 0.29) is 29.1 Å². The molecule has 8 atom stereocenters. The number of aliphatic hydroxyl groups is 1. The van der Waals surface area contributed by atoms with Crippen molar-refractivity contribution in [3.05, 3.63) is 28.8 Å². The topological polar surface area (TPSA) is 127 Å². The van der Waals surface area contributed by atoms with Crippen LogP contribution in [0.2, 0.25) is 5.02 Å². The molecule has 4 aliphatic rings. The number of aromatic hydroxyl groups is 1. The van der Waals surface area contributed by atoms with Crippen molar-refractivity contribution in [1.29, 1.82) is 0 Å². The fourth-order valence-corrected chi connectivity index (χ4v) is 9.86. The molecule has 202 valence electrons. The van der Waals surface area contributed by atoms with E-state index in [4.69, 9.17) is 26.1 Å². The van der Waals surface area contributed by atoms with Gasteiger partial charge in [0.1, 0.15) is 28.7 Å². The molecule has 0 spiro atoms. The van der Waals surface area contributed by atoms with Crippen molar-refractivity contribution in [1.82, 2.24) is 9.80 Å². The molecule has 0 bridgehead atoms. The number of ether oxygens (including phenoxy) is 2. The first-order chi connectivity index (χ1) is 17.5. The van der Waals surface area contributed by atoms with Crippen molar-refractivity contribution < 1.29 is 29.6 Å². The number of hydrogen-bond acceptors (Lipinski definition) is 12. The smallest absolute Gasteiger partial charge is 0.324 e. The van der Waals surface area contributed by atoms with Crippen LogP contribution in [0.5, 0.6) is 5.75 Å². The van der Waals surface area contributed by atoms with Crippen LogP contribution in [0.4, 0.5) is 0 Å². The van der Waals surface area contributed by atoms with Gasteiger partial charge in [-0.3, -0.25) is 19.6 Å². The lowest BCUT2D eigenvalue weighted by Gasteiger charge is -2.34. The summed E-state index contributed by atoms with van der Waals surface area (Å²) in [5, 5.41) is 32.5. The van der Waals surface area contributed by atoms with E-state index < -0.39 is 34.6 Å². The monoisotopic (exact) mass is 588 g/mol. The standard InChI is InChI=1S/C23H29ClN4O6S3/c1-10-23(32,26-17(34-10)12-7-11(24)5-6-15(12)29)22-27(2)14(9-36-22)18-25-13(8-35-18)19-28(3)16(20(30)31)21(33-4)37-19/h5-7,10,13-14,16,19,21-22,29,32H,8-9H2,1-4H3,(H,30,31). The predicted molar refractivity (Wildman–Crippen MR) is 148 cm³/mol. The van der Waals surface area contributed by atoms with Gasteiger partial charge in [0.25, 0.3) is 0 Å². The van der Waals surface area contributed by atoms with E-state index in [1.807, 2.05) is 19.0 Å². The molecule has 0 saturated carbocycles. The van der Waals surface area contributed by atoms with E-state index in [1.165, 1.54) is 24.9 Å². The lowest BCUT2D eigenvalue weighted by molar-refractivity contribution is -0.145. The van der Waals surface area contributed by atoms with Crippen molar-refractivity contribution in [2.24, 2.45) is 9.98 Å². The molecule has 4 aliphatic heterocycles. The minimum atomic E-state index is -1.54. The first-order valence-corrected chi connectivity index (χ1v) is 15.1. The third-order valence-electron chi connectivity index (χ3n) is 7.16. The Balaban J connectivity index is 1.33. The SMILES string of the molecule is COC1SC(C2CSC(C3CSC(C4(O)N=C(c5cc(Cl)ccc5O)OC4C)N3C)=N2)N(C)C1C(=O)O. The Morgan fingerprint density at radius 2 is 2.05 bits per heavy atom. The number of benzene rings is 1. The Kier molecular flexibility index (Phi) is 7.71. The fraction of sp³-hybridized carbons (Fsp3) is 0.609. The lowest BCUT2D eigenvalue weighted by Crippen LogP contribution is -2.53. The molecule has 0 amide bonds. The summed E-state index contributed by atoms with van der Waals surface area (Å²) in [4.78, 5) is 25.3. The molecule has 10 nitrogen and oxygen atoms in total. The molecule has 4 heterocycles. The number of thioether (sulfide) groups is 3. The molecule has 0 aromatic heterocycles. The maximum atomic E-state index is 11.8. The first kappa shape index (κ1) is 27.4. The van der Waals surface area contributed by atoms with Gasteiger partial charge < -0.3 is 24.8 Å². The van der Waals surface area contributed by atoms with E-state index in [9.17, 15) is 20.1 Å². The summed E-state index contributed by atoms with van der Waals surface area (Å²) < 4.78 is 11.3. The maximum absolute atomic E-state index is 11.8. The Bertz CT molecular complexity index is 1140. The van der Waals surface area contributed by atoms with E-state index in [1.54, 1.807) is 42.6 Å². The highest BCUT2D eigenvalue weighted by Gasteiger charge is 2.55. The number of carboxylic acid groups (broad SMARTS) is 1. The van der Waals surface area contributed by atoms with Crippen molar-refractivity contribution in [3.8, 4) is 5.75 Å². The minimum Gasteiger partial charge on any atom is -0.507 e. The quantitative estimate of drug-likeness (QED) is 0.452. The van der Waals surface area contributed by atoms with Crippen LogP contribution in [0, 0.1) is 0 Å². The van der Waals surface area contributed by atoms with Crippen LogP contribution in [0.3, 0.4) is 0 Å². The van der Waals surface area contributed by atoms with Crippen LogP contribution in [0.25, 0.3) is 0 Å². The maximum Gasteiger partial charge on any atom is 0.324 e. The second-order valence-electron chi connectivity index (χ2n) is 9.41. The van der Waals surface area contributed by atoms with Gasteiger partial charge in [-0.2, -0.15) is 0 Å². The summed E-state index contributed by atoms with van der Waals surface area (Å²) in [7, 11) is 5.29. The highest BCUT2D eigenvalue weighted by molar-refractivity contribution is 8.14. The van der Waals surface area contributed by atoms with Crippen LogP contribution >= 0.6 is 46.9 Å². The van der Waals surface area contributed by atoms with Crippen molar-refractivity contribution in [3.63, 3.8) is 0 Å². The van der Waals surface area contributed by atoms with Gasteiger partial charge in [-0.05, 0) is 39.2 Å². The average molecular weight is 589 g/mol. The van der Waals surface area contributed by atoms with Crippen molar-refractivity contribution in [2.75, 3.05) is 32.7 Å². The van der Waals surface area contributed by atoms with Gasteiger partial charge in [-0.1, -0.05) is 11.6 Å².